The fourth-order valence-electron chi connectivity index (χ4n) is 2.68. The summed E-state index contributed by atoms with van der Waals surface area (Å²) >= 11 is 0. The monoisotopic (exact) mass is 320 g/mol. The Morgan fingerprint density at radius 3 is 1.57 bits per heavy atom. The summed E-state index contributed by atoms with van der Waals surface area (Å²) in [7, 11) is -2.81. The van der Waals surface area contributed by atoms with Crippen molar-refractivity contribution in [1.29, 1.82) is 0 Å². The van der Waals surface area contributed by atoms with Gasteiger partial charge in [0.1, 0.15) is 0 Å². The molecule has 128 valence electrons. The van der Waals surface area contributed by atoms with E-state index in [1.165, 1.54) is 70.6 Å². The van der Waals surface area contributed by atoms with E-state index in [-0.39, 0.29) is 0 Å². The van der Waals surface area contributed by atoms with Crippen LogP contribution in [0, 0.1) is 0 Å². The lowest BCUT2D eigenvalue weighted by molar-refractivity contribution is 0.0910. The number of unbranched alkanes of at least 4 members (excludes halogenated alkanes) is 11. The van der Waals surface area contributed by atoms with Crippen molar-refractivity contribution in [2.75, 3.05) is 0 Å². The van der Waals surface area contributed by atoms with Gasteiger partial charge in [-0.15, -0.1) is 0 Å². The maximum Gasteiger partial charge on any atom is 0.317 e. The second-order valence-electron chi connectivity index (χ2n) is 6.77. The highest BCUT2D eigenvalue weighted by atomic mass is 31.1. The van der Waals surface area contributed by atoms with Crippen LogP contribution in [-0.4, -0.2) is 10.5 Å². The fourth-order valence-corrected chi connectivity index (χ4v) is 3.25. The summed E-state index contributed by atoms with van der Waals surface area (Å²) in [5.74, 6) is 0. The van der Waals surface area contributed by atoms with E-state index in [4.69, 9.17) is 9.42 Å². The van der Waals surface area contributed by atoms with Gasteiger partial charge in [0.2, 0.25) is 0 Å². The Morgan fingerprint density at radius 2 is 1.19 bits per heavy atom. The third kappa shape index (κ3) is 16.3. The molecule has 0 saturated carbocycles. The van der Waals surface area contributed by atoms with E-state index in [2.05, 4.69) is 6.92 Å². The summed E-state index contributed by atoms with van der Waals surface area (Å²) in [5, 5.41) is 0. The Hall–Kier alpha value is 0.150. The molecule has 0 aliphatic carbocycles. The molecule has 0 spiro atoms. The fraction of sp³-hybridized carbons (Fsp3) is 1.00. The summed E-state index contributed by atoms with van der Waals surface area (Å²) in [6.45, 7) is 6.05. The maximum atomic E-state index is 10.7. The van der Waals surface area contributed by atoms with Gasteiger partial charge in [-0.3, -0.25) is 4.57 Å². The average Bonchev–Trinajstić information content (AvgIpc) is 2.38. The zero-order valence-corrected chi connectivity index (χ0v) is 15.5. The van der Waals surface area contributed by atoms with Crippen molar-refractivity contribution in [3.05, 3.63) is 0 Å². The Balaban J connectivity index is 3.24. The van der Waals surface area contributed by atoms with Gasteiger partial charge in [0.15, 0.2) is 0 Å². The smallest absolute Gasteiger partial charge is 0.317 e. The third-order valence-corrected chi connectivity index (χ3v) is 4.72. The maximum absolute atomic E-state index is 10.7. The van der Waals surface area contributed by atoms with Gasteiger partial charge in [0.05, 0.1) is 5.60 Å². The lowest BCUT2D eigenvalue weighted by atomic mass is 9.99. The van der Waals surface area contributed by atoms with Crippen molar-refractivity contribution in [2.45, 2.75) is 110 Å². The Labute approximate surface area is 132 Å². The van der Waals surface area contributed by atoms with Crippen molar-refractivity contribution in [1.82, 2.24) is 0 Å². The summed E-state index contributed by atoms with van der Waals surface area (Å²) in [4.78, 5) is 8.80. The molecule has 0 bridgehead atoms. The second kappa shape index (κ2) is 13.8. The minimum absolute atomic E-state index is 0.455. The molecule has 0 aliphatic heterocycles. The minimum atomic E-state index is -2.81. The van der Waals surface area contributed by atoms with Crippen molar-refractivity contribution < 1.29 is 14.0 Å². The molecular weight excluding hydrogens is 283 g/mol. The molecule has 4 heteroatoms. The highest BCUT2D eigenvalue weighted by Gasteiger charge is 2.19. The van der Waals surface area contributed by atoms with Crippen LogP contribution < -0.4 is 0 Å². The molecule has 1 N–H and O–H groups in total. The molecule has 0 fully saturated rings. The van der Waals surface area contributed by atoms with Crippen LogP contribution in [0.2, 0.25) is 0 Å². The lowest BCUT2D eigenvalue weighted by Gasteiger charge is -2.23. The van der Waals surface area contributed by atoms with Crippen molar-refractivity contribution in [3.8, 4) is 0 Å². The zero-order chi connectivity index (χ0) is 16.0. The molecule has 3 nitrogen and oxygen atoms in total. The van der Waals surface area contributed by atoms with Gasteiger partial charge >= 0.3 is 8.25 Å². The summed E-state index contributed by atoms with van der Waals surface area (Å²) in [6.07, 6.45) is 16.9. The lowest BCUT2D eigenvalue weighted by Crippen LogP contribution is -2.20. The van der Waals surface area contributed by atoms with Gasteiger partial charge < -0.3 is 9.42 Å². The molecule has 0 saturated heterocycles. The van der Waals surface area contributed by atoms with Crippen molar-refractivity contribution in [3.63, 3.8) is 0 Å². The van der Waals surface area contributed by atoms with Crippen LogP contribution in [0.15, 0.2) is 0 Å². The predicted octanol–water partition coefficient (Wildman–Crippen LogP) is 6.25. The van der Waals surface area contributed by atoms with Crippen LogP contribution in [0.3, 0.4) is 0 Å². The van der Waals surface area contributed by atoms with Crippen LogP contribution >= 0.6 is 8.25 Å². The molecule has 0 aromatic rings. The standard InChI is InChI=1S/C17H37O3P/c1-4-5-6-7-8-9-10-11-12-13-14-15-16-17(2,3)20-21(18)19/h21H,4-16H2,1-3H3,(H,18,19). The van der Waals surface area contributed by atoms with Crippen molar-refractivity contribution in [2.24, 2.45) is 0 Å². The van der Waals surface area contributed by atoms with E-state index in [0.717, 1.165) is 12.8 Å². The molecule has 0 rings (SSSR count). The van der Waals surface area contributed by atoms with Crippen molar-refractivity contribution >= 4 is 8.25 Å². The molecule has 0 amide bonds. The molecule has 0 heterocycles. The van der Waals surface area contributed by atoms with Crippen LogP contribution in [0.1, 0.15) is 104 Å². The van der Waals surface area contributed by atoms with E-state index in [0.29, 0.717) is 0 Å². The number of hydrogen-bond donors (Lipinski definition) is 1. The van der Waals surface area contributed by atoms with Crippen LogP contribution in [0.4, 0.5) is 0 Å². The minimum Gasteiger partial charge on any atom is -0.326 e. The molecule has 1 atom stereocenters. The van der Waals surface area contributed by atoms with E-state index in [1.807, 2.05) is 13.8 Å². The van der Waals surface area contributed by atoms with Gasteiger partial charge in [-0.25, -0.2) is 0 Å². The summed E-state index contributed by atoms with van der Waals surface area (Å²) in [5.41, 5.74) is -0.455. The van der Waals surface area contributed by atoms with Gasteiger partial charge in [0, 0.05) is 0 Å². The molecule has 0 aliphatic rings. The van der Waals surface area contributed by atoms with Crippen LogP contribution in [0.5, 0.6) is 0 Å². The van der Waals surface area contributed by atoms with E-state index < -0.39 is 13.9 Å². The van der Waals surface area contributed by atoms with Gasteiger partial charge in [-0.2, -0.15) is 0 Å². The first-order valence-corrected chi connectivity index (χ1v) is 10.2. The molecular formula is C17H37O3P. The largest absolute Gasteiger partial charge is 0.326 e. The predicted molar refractivity (Wildman–Crippen MR) is 92.1 cm³/mol. The van der Waals surface area contributed by atoms with Gasteiger partial charge in [-0.05, 0) is 20.3 Å². The van der Waals surface area contributed by atoms with Crippen LogP contribution in [-0.2, 0) is 9.09 Å². The van der Waals surface area contributed by atoms with Gasteiger partial charge in [-0.1, -0.05) is 84.0 Å². The summed E-state index contributed by atoms with van der Waals surface area (Å²) in [6, 6.07) is 0. The molecule has 0 aromatic carbocycles. The molecule has 0 radical (unpaired) electrons. The van der Waals surface area contributed by atoms with Crippen LogP contribution in [0.25, 0.3) is 0 Å². The van der Waals surface area contributed by atoms with E-state index in [1.54, 1.807) is 0 Å². The first kappa shape index (κ1) is 21.1. The van der Waals surface area contributed by atoms with E-state index in [9.17, 15) is 4.57 Å². The quantitative estimate of drug-likeness (QED) is 0.286. The third-order valence-electron chi connectivity index (χ3n) is 4.00. The number of hydrogen-bond acceptors (Lipinski definition) is 2. The average molecular weight is 320 g/mol. The Bertz CT molecular complexity index is 254. The first-order chi connectivity index (χ1) is 9.98. The normalized spacial score (nSPS) is 13.5. The topological polar surface area (TPSA) is 46.5 Å². The second-order valence-corrected chi connectivity index (χ2v) is 7.50. The first-order valence-electron chi connectivity index (χ1n) is 8.90. The SMILES string of the molecule is CCCCCCCCCCCCCCC(C)(C)O[PH](=O)O. The highest BCUT2D eigenvalue weighted by molar-refractivity contribution is 7.32. The van der Waals surface area contributed by atoms with E-state index >= 15 is 0 Å². The molecule has 1 unspecified atom stereocenters. The van der Waals surface area contributed by atoms with Gasteiger partial charge in [0.25, 0.3) is 0 Å². The Kier molecular flexibility index (Phi) is 13.9. The number of rotatable bonds is 15. The zero-order valence-electron chi connectivity index (χ0n) is 14.5. The Morgan fingerprint density at radius 1 is 0.810 bits per heavy atom. The molecule has 21 heavy (non-hydrogen) atoms. The highest BCUT2D eigenvalue weighted by Crippen LogP contribution is 2.29. The molecule has 0 aromatic heterocycles. The summed E-state index contributed by atoms with van der Waals surface area (Å²) < 4.78 is 15.7.